The maximum atomic E-state index is 9.96. The van der Waals surface area contributed by atoms with Crippen LogP contribution in [0.25, 0.3) is 11.3 Å². The molecule has 2 aromatic carbocycles. The number of nitrogens with zero attached hydrogens (tertiary/aromatic N) is 4. The lowest BCUT2D eigenvalue weighted by Gasteiger charge is -2.11. The van der Waals surface area contributed by atoms with E-state index in [1.165, 1.54) is 24.0 Å². The Bertz CT molecular complexity index is 1150. The number of aromatic hydroxyl groups is 1. The second-order valence-corrected chi connectivity index (χ2v) is 8.19. The summed E-state index contributed by atoms with van der Waals surface area (Å²) >= 11 is 7.51. The van der Waals surface area contributed by atoms with Crippen molar-refractivity contribution < 1.29 is 9.84 Å². The van der Waals surface area contributed by atoms with E-state index in [1.807, 2.05) is 24.3 Å². The standard InChI is InChI=1S/C23H22ClN5O2S/c1-3-4-11-32-23-27-21(15-5-8-18(31-2)9-6-15)19(13-25)22(28-23)29-26-14-16-12-17(24)7-10-20(16)30/h5-10,12,14,30H,3-4,11H2,1-2H3,(H,27,28,29)/b26-14+. The van der Waals surface area contributed by atoms with Crippen molar-refractivity contribution in [1.29, 1.82) is 5.26 Å². The van der Waals surface area contributed by atoms with Gasteiger partial charge in [-0.2, -0.15) is 10.4 Å². The van der Waals surface area contributed by atoms with E-state index in [2.05, 4.69) is 33.5 Å². The molecule has 0 unspecified atom stereocenters. The van der Waals surface area contributed by atoms with Crippen molar-refractivity contribution in [3.05, 3.63) is 58.6 Å². The fourth-order valence-electron chi connectivity index (χ4n) is 2.75. The molecule has 0 aliphatic heterocycles. The Labute approximate surface area is 196 Å². The van der Waals surface area contributed by atoms with Crippen molar-refractivity contribution in [2.45, 2.75) is 24.9 Å². The van der Waals surface area contributed by atoms with Gasteiger partial charge >= 0.3 is 0 Å². The molecule has 32 heavy (non-hydrogen) atoms. The van der Waals surface area contributed by atoms with Crippen LogP contribution in [0.1, 0.15) is 30.9 Å². The van der Waals surface area contributed by atoms with E-state index in [-0.39, 0.29) is 17.1 Å². The number of unbranched alkanes of at least 4 members (excludes halogenated alkanes) is 1. The molecule has 3 rings (SSSR count). The Morgan fingerprint density at radius 1 is 1.25 bits per heavy atom. The number of hydrogen-bond donors (Lipinski definition) is 2. The van der Waals surface area contributed by atoms with Gasteiger partial charge in [0, 0.05) is 21.9 Å². The van der Waals surface area contributed by atoms with Crippen LogP contribution in [0.3, 0.4) is 0 Å². The molecule has 0 atom stereocenters. The van der Waals surface area contributed by atoms with Crippen molar-refractivity contribution in [1.82, 2.24) is 9.97 Å². The number of halogens is 1. The number of aromatic nitrogens is 2. The molecular weight excluding hydrogens is 446 g/mol. The SMILES string of the molecule is CCCCSc1nc(N/N=C/c2cc(Cl)ccc2O)c(C#N)c(-c2ccc(OC)cc2)n1. The summed E-state index contributed by atoms with van der Waals surface area (Å²) < 4.78 is 5.22. The van der Waals surface area contributed by atoms with Crippen LogP contribution in [-0.2, 0) is 0 Å². The van der Waals surface area contributed by atoms with Crippen molar-refractivity contribution >= 4 is 35.4 Å². The summed E-state index contributed by atoms with van der Waals surface area (Å²) in [5.41, 5.74) is 4.80. The number of nitriles is 1. The first-order chi connectivity index (χ1) is 15.5. The predicted octanol–water partition coefficient (Wildman–Crippen LogP) is 5.72. The Kier molecular flexibility index (Phi) is 8.31. The zero-order chi connectivity index (χ0) is 22.9. The topological polar surface area (TPSA) is 103 Å². The zero-order valence-electron chi connectivity index (χ0n) is 17.7. The molecule has 2 N–H and O–H groups in total. The van der Waals surface area contributed by atoms with Gasteiger partial charge in [0.2, 0.25) is 0 Å². The average Bonchev–Trinajstić information content (AvgIpc) is 2.81. The molecule has 3 aromatic rings. The van der Waals surface area contributed by atoms with Crippen LogP contribution in [0.15, 0.2) is 52.7 Å². The van der Waals surface area contributed by atoms with E-state index >= 15 is 0 Å². The molecule has 9 heteroatoms. The average molecular weight is 468 g/mol. The number of benzene rings is 2. The summed E-state index contributed by atoms with van der Waals surface area (Å²) in [6.45, 7) is 2.12. The van der Waals surface area contributed by atoms with Gasteiger partial charge in [-0.15, -0.1) is 0 Å². The summed E-state index contributed by atoms with van der Waals surface area (Å²) in [5, 5.41) is 25.0. The summed E-state index contributed by atoms with van der Waals surface area (Å²) in [5.74, 6) is 1.90. The Morgan fingerprint density at radius 2 is 2.03 bits per heavy atom. The van der Waals surface area contributed by atoms with Gasteiger partial charge < -0.3 is 9.84 Å². The first-order valence-electron chi connectivity index (χ1n) is 9.92. The third-order valence-corrected chi connectivity index (χ3v) is 5.63. The van der Waals surface area contributed by atoms with Crippen LogP contribution < -0.4 is 10.2 Å². The number of rotatable bonds is 9. The van der Waals surface area contributed by atoms with Gasteiger partial charge in [-0.25, -0.2) is 9.97 Å². The molecule has 0 saturated carbocycles. The lowest BCUT2D eigenvalue weighted by atomic mass is 10.1. The molecule has 0 fully saturated rings. The molecule has 0 aliphatic carbocycles. The van der Waals surface area contributed by atoms with E-state index in [9.17, 15) is 10.4 Å². The summed E-state index contributed by atoms with van der Waals surface area (Å²) in [7, 11) is 1.60. The molecule has 0 saturated heterocycles. The molecule has 164 valence electrons. The predicted molar refractivity (Wildman–Crippen MR) is 129 cm³/mol. The smallest absolute Gasteiger partial charge is 0.190 e. The van der Waals surface area contributed by atoms with E-state index in [4.69, 9.17) is 16.3 Å². The van der Waals surface area contributed by atoms with Crippen LogP contribution in [-0.4, -0.2) is 34.2 Å². The molecule has 0 bridgehead atoms. The van der Waals surface area contributed by atoms with Crippen LogP contribution in [0.5, 0.6) is 11.5 Å². The highest BCUT2D eigenvalue weighted by Gasteiger charge is 2.16. The molecule has 0 amide bonds. The summed E-state index contributed by atoms with van der Waals surface area (Å²) in [4.78, 5) is 9.13. The minimum Gasteiger partial charge on any atom is -0.507 e. The second-order valence-electron chi connectivity index (χ2n) is 6.69. The minimum absolute atomic E-state index is 0.0397. The fourth-order valence-corrected chi connectivity index (χ4v) is 3.86. The Balaban J connectivity index is 1.98. The molecular formula is C23H22ClN5O2S. The van der Waals surface area contributed by atoms with Gasteiger partial charge in [-0.1, -0.05) is 36.7 Å². The third kappa shape index (κ3) is 5.90. The maximum Gasteiger partial charge on any atom is 0.190 e. The Hall–Kier alpha value is -3.28. The number of hydrazone groups is 1. The lowest BCUT2D eigenvalue weighted by molar-refractivity contribution is 0.415. The highest BCUT2D eigenvalue weighted by atomic mass is 35.5. The third-order valence-electron chi connectivity index (χ3n) is 4.46. The van der Waals surface area contributed by atoms with E-state index in [1.54, 1.807) is 19.2 Å². The molecule has 0 spiro atoms. The van der Waals surface area contributed by atoms with Crippen LogP contribution in [0.2, 0.25) is 5.02 Å². The number of hydrogen-bond acceptors (Lipinski definition) is 8. The van der Waals surface area contributed by atoms with E-state index in [0.29, 0.717) is 27.2 Å². The van der Waals surface area contributed by atoms with Crippen molar-refractivity contribution in [2.75, 3.05) is 18.3 Å². The fraction of sp³-hybridized carbons (Fsp3) is 0.217. The number of nitrogens with one attached hydrogen (secondary N) is 1. The monoisotopic (exact) mass is 467 g/mol. The molecule has 0 radical (unpaired) electrons. The van der Waals surface area contributed by atoms with E-state index < -0.39 is 0 Å². The largest absolute Gasteiger partial charge is 0.507 e. The van der Waals surface area contributed by atoms with Crippen molar-refractivity contribution in [3.8, 4) is 28.8 Å². The highest BCUT2D eigenvalue weighted by Crippen LogP contribution is 2.30. The number of thioether (sulfide) groups is 1. The van der Waals surface area contributed by atoms with E-state index in [0.717, 1.165) is 24.2 Å². The molecule has 1 heterocycles. The van der Waals surface area contributed by atoms with Crippen molar-refractivity contribution in [3.63, 3.8) is 0 Å². The van der Waals surface area contributed by atoms with Crippen LogP contribution in [0.4, 0.5) is 5.82 Å². The molecule has 1 aromatic heterocycles. The number of phenolic OH excluding ortho intramolecular Hbond substituents is 1. The molecule has 7 nitrogen and oxygen atoms in total. The summed E-state index contributed by atoms with van der Waals surface area (Å²) in [6, 6.07) is 14.2. The number of anilines is 1. The Morgan fingerprint density at radius 3 is 2.72 bits per heavy atom. The molecule has 0 aliphatic rings. The quantitative estimate of drug-likeness (QED) is 0.136. The lowest BCUT2D eigenvalue weighted by Crippen LogP contribution is -2.04. The second kappa shape index (κ2) is 11.4. The van der Waals surface area contributed by atoms with Gasteiger partial charge in [0.15, 0.2) is 11.0 Å². The normalized spacial score (nSPS) is 10.8. The minimum atomic E-state index is 0.0397. The first kappa shape index (κ1) is 23.4. The first-order valence-corrected chi connectivity index (χ1v) is 11.3. The zero-order valence-corrected chi connectivity index (χ0v) is 19.2. The van der Waals surface area contributed by atoms with Crippen LogP contribution >= 0.6 is 23.4 Å². The number of phenols is 1. The van der Waals surface area contributed by atoms with Gasteiger partial charge in [0.05, 0.1) is 19.0 Å². The van der Waals surface area contributed by atoms with Crippen molar-refractivity contribution in [2.24, 2.45) is 5.10 Å². The number of ether oxygens (including phenoxy) is 1. The number of methoxy groups -OCH3 is 1. The highest BCUT2D eigenvalue weighted by molar-refractivity contribution is 7.99. The van der Waals surface area contributed by atoms with Gasteiger partial charge in [0.1, 0.15) is 23.1 Å². The van der Waals surface area contributed by atoms with Gasteiger partial charge in [-0.05, 0) is 48.9 Å². The maximum absolute atomic E-state index is 9.96. The van der Waals surface area contributed by atoms with Gasteiger partial charge in [0.25, 0.3) is 0 Å². The van der Waals surface area contributed by atoms with Gasteiger partial charge in [-0.3, -0.25) is 5.43 Å². The summed E-state index contributed by atoms with van der Waals surface area (Å²) in [6.07, 6.45) is 3.51. The van der Waals surface area contributed by atoms with Crippen LogP contribution in [0, 0.1) is 11.3 Å².